The SMILES string of the molecule is COC(=O)[C@@H]1C[C@H]2CCCC[C@@H]2N1S(=O)(=O)c1ccc(C(N)=O)cc1. The van der Waals surface area contributed by atoms with Crippen molar-refractivity contribution in [1.29, 1.82) is 0 Å². The van der Waals surface area contributed by atoms with Gasteiger partial charge in [0.1, 0.15) is 6.04 Å². The zero-order valence-electron chi connectivity index (χ0n) is 14.1. The summed E-state index contributed by atoms with van der Waals surface area (Å²) in [5, 5.41) is 0. The molecule has 1 aromatic carbocycles. The molecule has 0 unspecified atom stereocenters. The number of rotatable bonds is 4. The van der Waals surface area contributed by atoms with Crippen LogP contribution in [0.15, 0.2) is 29.2 Å². The molecule has 1 heterocycles. The summed E-state index contributed by atoms with van der Waals surface area (Å²) in [6.45, 7) is 0. The van der Waals surface area contributed by atoms with Crippen LogP contribution >= 0.6 is 0 Å². The van der Waals surface area contributed by atoms with Crippen LogP contribution in [0.2, 0.25) is 0 Å². The zero-order chi connectivity index (χ0) is 18.2. The maximum absolute atomic E-state index is 13.2. The average Bonchev–Trinajstić information content (AvgIpc) is 3.01. The van der Waals surface area contributed by atoms with E-state index in [9.17, 15) is 18.0 Å². The molecule has 1 saturated heterocycles. The van der Waals surface area contributed by atoms with Gasteiger partial charge in [-0.3, -0.25) is 9.59 Å². The summed E-state index contributed by atoms with van der Waals surface area (Å²) in [5.41, 5.74) is 5.44. The highest BCUT2D eigenvalue weighted by Crippen LogP contribution is 2.43. The van der Waals surface area contributed by atoms with E-state index in [2.05, 4.69) is 0 Å². The van der Waals surface area contributed by atoms with Gasteiger partial charge in [-0.2, -0.15) is 4.31 Å². The van der Waals surface area contributed by atoms with E-state index in [4.69, 9.17) is 10.5 Å². The fourth-order valence-corrected chi connectivity index (χ4v) is 5.88. The van der Waals surface area contributed by atoms with Gasteiger partial charge in [0, 0.05) is 11.6 Å². The number of carbonyl (C=O) groups is 2. The fourth-order valence-electron chi connectivity index (χ4n) is 4.01. The van der Waals surface area contributed by atoms with Gasteiger partial charge >= 0.3 is 5.97 Å². The third-order valence-corrected chi connectivity index (χ3v) is 7.16. The molecule has 1 aliphatic heterocycles. The molecule has 2 N–H and O–H groups in total. The van der Waals surface area contributed by atoms with Gasteiger partial charge in [0.2, 0.25) is 15.9 Å². The van der Waals surface area contributed by atoms with Crippen molar-refractivity contribution in [2.45, 2.75) is 49.1 Å². The molecule has 7 nitrogen and oxygen atoms in total. The van der Waals surface area contributed by atoms with Gasteiger partial charge in [-0.15, -0.1) is 0 Å². The van der Waals surface area contributed by atoms with Crippen molar-refractivity contribution in [3.63, 3.8) is 0 Å². The fraction of sp³-hybridized carbons (Fsp3) is 0.529. The monoisotopic (exact) mass is 366 g/mol. The highest BCUT2D eigenvalue weighted by Gasteiger charge is 2.51. The van der Waals surface area contributed by atoms with Gasteiger partial charge in [0.05, 0.1) is 12.0 Å². The number of primary amides is 1. The van der Waals surface area contributed by atoms with E-state index in [1.165, 1.54) is 35.7 Å². The molecule has 0 spiro atoms. The van der Waals surface area contributed by atoms with Gasteiger partial charge in [0.15, 0.2) is 0 Å². The molecule has 2 fully saturated rings. The summed E-state index contributed by atoms with van der Waals surface area (Å²) in [6.07, 6.45) is 4.16. The number of hydrogen-bond donors (Lipinski definition) is 1. The van der Waals surface area contributed by atoms with Crippen LogP contribution in [0, 0.1) is 5.92 Å². The van der Waals surface area contributed by atoms with Crippen molar-refractivity contribution < 1.29 is 22.7 Å². The van der Waals surface area contributed by atoms with Gasteiger partial charge in [-0.1, -0.05) is 12.8 Å². The highest BCUT2D eigenvalue weighted by atomic mass is 32.2. The number of hydrogen-bond acceptors (Lipinski definition) is 5. The first-order valence-corrected chi connectivity index (χ1v) is 9.81. The summed E-state index contributed by atoms with van der Waals surface area (Å²) in [6, 6.07) is 4.52. The van der Waals surface area contributed by atoms with Crippen molar-refractivity contribution in [2.75, 3.05) is 7.11 Å². The molecule has 1 saturated carbocycles. The normalized spacial score (nSPS) is 26.8. The van der Waals surface area contributed by atoms with Gasteiger partial charge < -0.3 is 10.5 Å². The Morgan fingerprint density at radius 2 is 1.80 bits per heavy atom. The molecule has 136 valence electrons. The summed E-state index contributed by atoms with van der Waals surface area (Å²) in [5.74, 6) is -0.964. The Kier molecular flexibility index (Phi) is 4.83. The average molecular weight is 366 g/mol. The number of methoxy groups -OCH3 is 1. The quantitative estimate of drug-likeness (QED) is 0.808. The lowest BCUT2D eigenvalue weighted by Gasteiger charge is -2.32. The highest BCUT2D eigenvalue weighted by molar-refractivity contribution is 7.89. The van der Waals surface area contributed by atoms with E-state index < -0.39 is 27.9 Å². The Hall–Kier alpha value is -1.93. The number of fused-ring (bicyclic) bond motifs is 1. The van der Waals surface area contributed by atoms with E-state index in [0.29, 0.717) is 6.42 Å². The van der Waals surface area contributed by atoms with Crippen molar-refractivity contribution in [2.24, 2.45) is 11.7 Å². The number of ether oxygens (including phenoxy) is 1. The van der Waals surface area contributed by atoms with Crippen LogP contribution in [0.1, 0.15) is 42.5 Å². The molecule has 3 atom stereocenters. The third kappa shape index (κ3) is 3.16. The largest absolute Gasteiger partial charge is 0.468 e. The van der Waals surface area contributed by atoms with Crippen LogP contribution in [0.25, 0.3) is 0 Å². The molecule has 3 rings (SSSR count). The summed E-state index contributed by atoms with van der Waals surface area (Å²) in [4.78, 5) is 23.4. The van der Waals surface area contributed by atoms with Crippen LogP contribution in [-0.4, -0.2) is 43.8 Å². The molecule has 1 amide bonds. The lowest BCUT2D eigenvalue weighted by atomic mass is 9.85. The molecule has 1 aliphatic carbocycles. The molecule has 0 bridgehead atoms. The second-order valence-corrected chi connectivity index (χ2v) is 8.45. The number of amides is 1. The van der Waals surface area contributed by atoms with Crippen LogP contribution < -0.4 is 5.73 Å². The van der Waals surface area contributed by atoms with Crippen LogP contribution in [0.4, 0.5) is 0 Å². The Balaban J connectivity index is 1.99. The van der Waals surface area contributed by atoms with Crippen molar-refractivity contribution >= 4 is 21.9 Å². The van der Waals surface area contributed by atoms with E-state index in [-0.39, 0.29) is 22.4 Å². The topological polar surface area (TPSA) is 107 Å². The summed E-state index contributed by atoms with van der Waals surface area (Å²) in [7, 11) is -2.60. The Bertz CT molecular complexity index is 775. The molecule has 2 aliphatic rings. The van der Waals surface area contributed by atoms with Crippen molar-refractivity contribution in [1.82, 2.24) is 4.31 Å². The molecule has 1 aromatic rings. The first kappa shape index (κ1) is 17.9. The minimum atomic E-state index is -3.88. The van der Waals surface area contributed by atoms with Crippen molar-refractivity contribution in [3.05, 3.63) is 29.8 Å². The summed E-state index contributed by atoms with van der Waals surface area (Å²) < 4.78 is 32.6. The Morgan fingerprint density at radius 3 is 2.40 bits per heavy atom. The predicted molar refractivity (Wildman–Crippen MR) is 90.2 cm³/mol. The number of nitrogens with two attached hydrogens (primary N) is 1. The van der Waals surface area contributed by atoms with Crippen molar-refractivity contribution in [3.8, 4) is 0 Å². The maximum Gasteiger partial charge on any atom is 0.324 e. The molecular formula is C17H22N2O5S. The lowest BCUT2D eigenvalue weighted by molar-refractivity contribution is -0.144. The third-order valence-electron chi connectivity index (χ3n) is 5.22. The molecule has 0 radical (unpaired) electrons. The van der Waals surface area contributed by atoms with Gasteiger partial charge in [-0.05, 0) is 49.4 Å². The Labute approximate surface area is 147 Å². The minimum Gasteiger partial charge on any atom is -0.468 e. The number of sulfonamides is 1. The first-order chi connectivity index (χ1) is 11.9. The lowest BCUT2D eigenvalue weighted by Crippen LogP contribution is -2.46. The second-order valence-electron chi connectivity index (χ2n) is 6.61. The summed E-state index contributed by atoms with van der Waals surface area (Å²) >= 11 is 0. The van der Waals surface area contributed by atoms with E-state index in [0.717, 1.165) is 25.7 Å². The number of benzene rings is 1. The molecule has 0 aromatic heterocycles. The van der Waals surface area contributed by atoms with Crippen LogP contribution in [-0.2, 0) is 19.6 Å². The van der Waals surface area contributed by atoms with E-state index >= 15 is 0 Å². The Morgan fingerprint density at radius 1 is 1.16 bits per heavy atom. The zero-order valence-corrected chi connectivity index (χ0v) is 14.9. The standard InChI is InChI=1S/C17H22N2O5S/c1-24-17(21)15-10-12-4-2-3-5-14(12)19(15)25(22,23)13-8-6-11(7-9-13)16(18)20/h6-9,12,14-15H,2-5,10H2,1H3,(H2,18,20)/t12-,14+,15+/m1/s1. The maximum atomic E-state index is 13.2. The van der Waals surface area contributed by atoms with Gasteiger partial charge in [0.25, 0.3) is 0 Å². The predicted octanol–water partition coefficient (Wildman–Crippen LogP) is 1.28. The second kappa shape index (κ2) is 6.76. The molecule has 8 heteroatoms. The number of nitrogens with zero attached hydrogens (tertiary/aromatic N) is 1. The van der Waals surface area contributed by atoms with Gasteiger partial charge in [-0.25, -0.2) is 8.42 Å². The van der Waals surface area contributed by atoms with Crippen LogP contribution in [0.5, 0.6) is 0 Å². The van der Waals surface area contributed by atoms with E-state index in [1.54, 1.807) is 0 Å². The smallest absolute Gasteiger partial charge is 0.324 e. The first-order valence-electron chi connectivity index (χ1n) is 8.37. The molecular weight excluding hydrogens is 344 g/mol. The van der Waals surface area contributed by atoms with E-state index in [1.807, 2.05) is 0 Å². The minimum absolute atomic E-state index is 0.0534. The van der Waals surface area contributed by atoms with Crippen LogP contribution in [0.3, 0.4) is 0 Å². The number of esters is 1. The number of carbonyl (C=O) groups excluding carboxylic acids is 2. The molecule has 25 heavy (non-hydrogen) atoms.